The van der Waals surface area contributed by atoms with E-state index in [2.05, 4.69) is 10.6 Å². The van der Waals surface area contributed by atoms with Gasteiger partial charge in [0.25, 0.3) is 11.8 Å². The number of nitrogens with one attached hydrogen (secondary N) is 2. The number of carbonyl (C=O) groups excluding carboxylic acids is 2. The fourth-order valence-corrected chi connectivity index (χ4v) is 7.54. The number of rotatable bonds is 17. The van der Waals surface area contributed by atoms with E-state index < -0.39 is 23.3 Å². The van der Waals surface area contributed by atoms with Gasteiger partial charge in [-0.15, -0.1) is 0 Å². The van der Waals surface area contributed by atoms with Crippen molar-refractivity contribution in [1.82, 2.24) is 30.6 Å². The van der Waals surface area contributed by atoms with E-state index in [1.807, 2.05) is 20.8 Å². The summed E-state index contributed by atoms with van der Waals surface area (Å²) in [7, 11) is 0. The average molecular weight is 907 g/mol. The first kappa shape index (κ1) is 46.1. The quantitative estimate of drug-likeness (QED) is 0.0683. The maximum absolute atomic E-state index is 16.5. The molecule has 8 aromatic rings. The highest BCUT2D eigenvalue weighted by Gasteiger charge is 2.23. The molecule has 67 heavy (non-hydrogen) atoms. The van der Waals surface area contributed by atoms with E-state index in [0.29, 0.717) is 118 Å². The van der Waals surface area contributed by atoms with Crippen LogP contribution in [0.25, 0.3) is 78.2 Å². The summed E-state index contributed by atoms with van der Waals surface area (Å²) in [6, 6.07) is 29.3. The first-order valence-electron chi connectivity index (χ1n) is 22.0. The molecule has 6 aromatic carbocycles. The van der Waals surface area contributed by atoms with Crippen LogP contribution in [0.1, 0.15) is 54.3 Å². The molecule has 2 aromatic heterocycles. The Hall–Kier alpha value is -7.42. The van der Waals surface area contributed by atoms with Gasteiger partial charge in [-0.05, 0) is 161 Å². The van der Waals surface area contributed by atoms with Crippen LogP contribution in [0.15, 0.2) is 121 Å². The number of carbonyl (C=O) groups is 2. The Kier molecular flexibility index (Phi) is 14.3. The second-order valence-corrected chi connectivity index (χ2v) is 16.0. The van der Waals surface area contributed by atoms with Crippen molar-refractivity contribution < 1.29 is 36.6 Å². The molecule has 0 aliphatic carbocycles. The summed E-state index contributed by atoms with van der Waals surface area (Å²) in [5, 5.41) is 5.79. The Morgan fingerprint density at radius 3 is 1.57 bits per heavy atom. The van der Waals surface area contributed by atoms with Gasteiger partial charge in [0.15, 0.2) is 0 Å². The summed E-state index contributed by atoms with van der Waals surface area (Å²) in [6.07, 6.45) is 1.34. The molecule has 10 nitrogen and oxygen atoms in total. The second kappa shape index (κ2) is 20.8. The second-order valence-electron chi connectivity index (χ2n) is 16.0. The smallest absolute Gasteiger partial charge is 0.251 e. The Balaban J connectivity index is 1.23. The molecule has 0 bridgehead atoms. The fourth-order valence-electron chi connectivity index (χ4n) is 7.54. The van der Waals surface area contributed by atoms with Gasteiger partial charge in [-0.3, -0.25) is 9.59 Å². The van der Waals surface area contributed by atoms with Crippen LogP contribution in [0.2, 0.25) is 0 Å². The number of benzene rings is 6. The average Bonchev–Trinajstić information content (AvgIpc) is 3.33. The molecule has 2 amide bonds. The number of amides is 2. The van der Waals surface area contributed by atoms with Gasteiger partial charge in [0.2, 0.25) is 0 Å². The van der Waals surface area contributed by atoms with E-state index in [-0.39, 0.29) is 34.7 Å². The van der Waals surface area contributed by atoms with Crippen molar-refractivity contribution in [3.63, 3.8) is 0 Å². The lowest BCUT2D eigenvalue weighted by atomic mass is 9.92. The first-order chi connectivity index (χ1) is 32.4. The van der Waals surface area contributed by atoms with Crippen LogP contribution in [0.4, 0.5) is 17.6 Å². The molecule has 0 spiro atoms. The van der Waals surface area contributed by atoms with Crippen molar-refractivity contribution in [2.24, 2.45) is 0 Å². The predicted molar refractivity (Wildman–Crippen MR) is 251 cm³/mol. The molecule has 0 saturated heterocycles. The van der Waals surface area contributed by atoms with Crippen LogP contribution in [-0.4, -0.2) is 70.8 Å². The minimum Gasteiger partial charge on any atom is -0.382 e. The molecule has 8 rings (SSSR count). The Morgan fingerprint density at radius 2 is 1.00 bits per heavy atom. The van der Waals surface area contributed by atoms with Crippen molar-refractivity contribution in [3.8, 4) is 56.2 Å². The van der Waals surface area contributed by atoms with Crippen molar-refractivity contribution >= 4 is 33.9 Å². The van der Waals surface area contributed by atoms with Crippen LogP contribution in [0.3, 0.4) is 0 Å². The molecular formula is C53H46F4N6O4. The third-order valence-electron chi connectivity index (χ3n) is 10.9. The van der Waals surface area contributed by atoms with Crippen LogP contribution in [0, 0.1) is 23.3 Å². The van der Waals surface area contributed by atoms with Crippen molar-refractivity contribution in [2.75, 3.05) is 32.9 Å². The lowest BCUT2D eigenvalue weighted by Gasteiger charge is -2.17. The summed E-state index contributed by atoms with van der Waals surface area (Å²) in [6.45, 7) is 8.17. The third-order valence-corrected chi connectivity index (χ3v) is 10.9. The van der Waals surface area contributed by atoms with E-state index in [9.17, 15) is 18.4 Å². The maximum Gasteiger partial charge on any atom is 0.251 e. The summed E-state index contributed by atoms with van der Waals surface area (Å²) in [5.41, 5.74) is 5.17. The minimum atomic E-state index is -0.695. The molecule has 0 aliphatic rings. The normalized spacial score (nSPS) is 11.4. The monoisotopic (exact) mass is 906 g/mol. The summed E-state index contributed by atoms with van der Waals surface area (Å²) < 4.78 is 71.5. The SMILES string of the molecule is CCOCCCNC(=O)c1ccc2nc(-c3ccc(F)cc3)c(-c3ccc(F)cc3-c3cc(-c4nc5ccc(C(=O)NCCCOC(C)C)cc5nc4-c4ccc(F)cc4)ccc3F)nc2c1. The van der Waals surface area contributed by atoms with Crippen LogP contribution >= 0.6 is 0 Å². The third kappa shape index (κ3) is 10.8. The Bertz CT molecular complexity index is 3090. The molecule has 0 fully saturated rings. The minimum absolute atomic E-state index is 0.0168. The highest BCUT2D eigenvalue weighted by atomic mass is 19.1. The van der Waals surface area contributed by atoms with Crippen molar-refractivity contribution in [2.45, 2.75) is 39.7 Å². The zero-order valence-electron chi connectivity index (χ0n) is 37.0. The van der Waals surface area contributed by atoms with Crippen LogP contribution in [0.5, 0.6) is 0 Å². The Morgan fingerprint density at radius 1 is 0.507 bits per heavy atom. The molecule has 14 heteroatoms. The molecule has 0 atom stereocenters. The number of hydrogen-bond acceptors (Lipinski definition) is 8. The molecule has 2 heterocycles. The van der Waals surface area contributed by atoms with E-state index in [4.69, 9.17) is 29.4 Å². The zero-order chi connectivity index (χ0) is 47.0. The molecule has 0 aliphatic heterocycles. The fraction of sp³-hybridized carbons (Fsp3) is 0.208. The van der Waals surface area contributed by atoms with Crippen molar-refractivity contribution in [3.05, 3.63) is 156 Å². The van der Waals surface area contributed by atoms with Gasteiger partial charge in [-0.2, -0.15) is 0 Å². The van der Waals surface area contributed by atoms with Gasteiger partial charge in [0.1, 0.15) is 23.3 Å². The molecule has 0 radical (unpaired) electrons. The van der Waals surface area contributed by atoms with Crippen molar-refractivity contribution in [1.29, 1.82) is 0 Å². The molecular weight excluding hydrogens is 861 g/mol. The standard InChI is InChI=1S/C53H46F4N6O4/c1-4-66-25-5-23-58-52(64)36-13-22-45-47(29-36)63-51(49(60-45)33-9-16-38(55)17-10-33)40-19-18-39(56)30-41(40)42-27-34(11-20-43(42)57)50-48(32-7-14-37(54)15-8-32)62-46-28-35(12-21-44(46)61-50)53(65)59-24-6-26-67-31(2)3/h7-22,27-31H,4-6,23-26H2,1-3H3,(H,58,64)(H,59,65). The first-order valence-corrected chi connectivity index (χ1v) is 22.0. The maximum atomic E-state index is 16.5. The van der Waals surface area contributed by atoms with E-state index in [0.717, 1.165) is 0 Å². The lowest BCUT2D eigenvalue weighted by molar-refractivity contribution is 0.0757. The Labute approximate surface area is 384 Å². The van der Waals surface area contributed by atoms with Gasteiger partial charge in [-0.25, -0.2) is 37.5 Å². The molecule has 340 valence electrons. The lowest BCUT2D eigenvalue weighted by Crippen LogP contribution is -2.25. The van der Waals surface area contributed by atoms with Crippen LogP contribution < -0.4 is 10.6 Å². The number of halogens is 4. The van der Waals surface area contributed by atoms with E-state index >= 15 is 8.78 Å². The van der Waals surface area contributed by atoms with E-state index in [1.54, 1.807) is 60.7 Å². The number of aromatic nitrogens is 4. The van der Waals surface area contributed by atoms with Crippen LogP contribution in [-0.2, 0) is 9.47 Å². The topological polar surface area (TPSA) is 128 Å². The van der Waals surface area contributed by atoms with Gasteiger partial charge in [0.05, 0.1) is 50.9 Å². The number of hydrogen-bond donors (Lipinski definition) is 2. The number of nitrogens with zero attached hydrogens (tertiary/aromatic N) is 4. The van der Waals surface area contributed by atoms with E-state index in [1.165, 1.54) is 60.7 Å². The largest absolute Gasteiger partial charge is 0.382 e. The number of fused-ring (bicyclic) bond motifs is 2. The van der Waals surface area contributed by atoms with Gasteiger partial charge >= 0.3 is 0 Å². The molecule has 0 unspecified atom stereocenters. The highest BCUT2D eigenvalue weighted by Crippen LogP contribution is 2.41. The highest BCUT2D eigenvalue weighted by molar-refractivity contribution is 6.00. The van der Waals surface area contributed by atoms with Gasteiger partial charge < -0.3 is 20.1 Å². The summed E-state index contributed by atoms with van der Waals surface area (Å²) in [5.74, 6) is -2.93. The predicted octanol–water partition coefficient (Wildman–Crippen LogP) is 11.2. The molecule has 2 N–H and O–H groups in total. The zero-order valence-corrected chi connectivity index (χ0v) is 37.0. The van der Waals surface area contributed by atoms with Gasteiger partial charge in [0, 0.05) is 71.9 Å². The molecule has 0 saturated carbocycles. The van der Waals surface area contributed by atoms with Gasteiger partial charge in [-0.1, -0.05) is 0 Å². The summed E-state index contributed by atoms with van der Waals surface area (Å²) >= 11 is 0. The summed E-state index contributed by atoms with van der Waals surface area (Å²) in [4.78, 5) is 46.2. The number of ether oxygens (including phenoxy) is 2.